The zero-order chi connectivity index (χ0) is 18.9. The van der Waals surface area contributed by atoms with Gasteiger partial charge in [-0.05, 0) is 31.2 Å². The molecule has 5 rings (SSSR count). The van der Waals surface area contributed by atoms with Gasteiger partial charge in [-0.25, -0.2) is 4.98 Å². The summed E-state index contributed by atoms with van der Waals surface area (Å²) in [5.74, 6) is 1.75. The minimum absolute atomic E-state index is 0.430. The number of anilines is 1. The number of halogens is 1. The molecular formula is C20H20ClN7. The molecule has 0 radical (unpaired) electrons. The SMILES string of the molecule is Clc1ccccc1C1=NCc2nncn2-c2ccc(N3CCCNCC3)nc21. The van der Waals surface area contributed by atoms with Crippen LogP contribution >= 0.6 is 11.6 Å². The molecule has 7 nitrogen and oxygen atoms in total. The summed E-state index contributed by atoms with van der Waals surface area (Å²) in [7, 11) is 0. The third-order valence-corrected chi connectivity index (χ3v) is 5.46. The smallest absolute Gasteiger partial charge is 0.159 e. The number of aliphatic imine (C=N–C) groups is 1. The van der Waals surface area contributed by atoms with Crippen LogP contribution in [0.5, 0.6) is 0 Å². The molecule has 1 N–H and O–H groups in total. The Morgan fingerprint density at radius 1 is 1.04 bits per heavy atom. The van der Waals surface area contributed by atoms with E-state index in [1.807, 2.05) is 28.8 Å². The van der Waals surface area contributed by atoms with E-state index in [0.29, 0.717) is 11.6 Å². The van der Waals surface area contributed by atoms with Gasteiger partial charge in [-0.3, -0.25) is 9.56 Å². The minimum Gasteiger partial charge on any atom is -0.355 e. The lowest BCUT2D eigenvalue weighted by molar-refractivity contribution is 0.724. The first-order chi connectivity index (χ1) is 13.8. The highest BCUT2D eigenvalue weighted by Gasteiger charge is 2.24. The first kappa shape index (κ1) is 17.3. The number of rotatable bonds is 2. The van der Waals surface area contributed by atoms with Gasteiger partial charge in [0.05, 0.1) is 16.4 Å². The molecule has 0 bridgehead atoms. The summed E-state index contributed by atoms with van der Waals surface area (Å²) in [6, 6.07) is 11.9. The highest BCUT2D eigenvalue weighted by molar-refractivity contribution is 6.35. The number of hydrogen-bond acceptors (Lipinski definition) is 6. The molecule has 0 aliphatic carbocycles. The van der Waals surface area contributed by atoms with Crippen molar-refractivity contribution in [1.29, 1.82) is 0 Å². The van der Waals surface area contributed by atoms with Crippen molar-refractivity contribution in [3.63, 3.8) is 0 Å². The second kappa shape index (κ2) is 7.33. The lowest BCUT2D eigenvalue weighted by atomic mass is 10.1. The Labute approximate surface area is 168 Å². The van der Waals surface area contributed by atoms with Gasteiger partial charge in [0.25, 0.3) is 0 Å². The predicted molar refractivity (Wildman–Crippen MR) is 110 cm³/mol. The third-order valence-electron chi connectivity index (χ3n) is 5.13. The lowest BCUT2D eigenvalue weighted by Crippen LogP contribution is -2.29. The maximum atomic E-state index is 6.51. The van der Waals surface area contributed by atoms with E-state index in [2.05, 4.69) is 32.5 Å². The van der Waals surface area contributed by atoms with Crippen LogP contribution in [-0.4, -0.2) is 51.6 Å². The second-order valence-electron chi connectivity index (χ2n) is 6.89. The molecule has 2 aliphatic heterocycles. The van der Waals surface area contributed by atoms with Crippen molar-refractivity contribution in [2.24, 2.45) is 4.99 Å². The van der Waals surface area contributed by atoms with Crippen LogP contribution in [0, 0.1) is 0 Å². The predicted octanol–water partition coefficient (Wildman–Crippen LogP) is 2.47. The van der Waals surface area contributed by atoms with E-state index in [1.165, 1.54) is 0 Å². The van der Waals surface area contributed by atoms with Crippen molar-refractivity contribution in [3.8, 4) is 5.69 Å². The largest absolute Gasteiger partial charge is 0.355 e. The van der Waals surface area contributed by atoms with Gasteiger partial charge in [-0.1, -0.05) is 29.8 Å². The Balaban J connectivity index is 1.67. The summed E-state index contributed by atoms with van der Waals surface area (Å²) < 4.78 is 1.96. The van der Waals surface area contributed by atoms with Gasteiger partial charge in [-0.15, -0.1) is 10.2 Å². The lowest BCUT2D eigenvalue weighted by Gasteiger charge is -2.23. The van der Waals surface area contributed by atoms with Crippen LogP contribution in [0.1, 0.15) is 23.5 Å². The molecule has 1 saturated heterocycles. The molecule has 0 saturated carbocycles. The molecule has 0 unspecified atom stereocenters. The summed E-state index contributed by atoms with van der Waals surface area (Å²) in [6.07, 6.45) is 2.82. The second-order valence-corrected chi connectivity index (χ2v) is 7.30. The van der Waals surface area contributed by atoms with Gasteiger partial charge in [0.15, 0.2) is 5.82 Å². The standard InChI is InChI=1S/C20H20ClN7/c21-15-5-2-1-4-14(15)19-20-16(28-13-24-26-18(28)12-23-19)6-7-17(25-20)27-10-3-8-22-9-11-27/h1-2,4-7,13,22H,3,8-12H2. The first-order valence-corrected chi connectivity index (χ1v) is 9.85. The van der Waals surface area contributed by atoms with Crippen molar-refractivity contribution >= 4 is 23.1 Å². The molecule has 142 valence electrons. The zero-order valence-corrected chi connectivity index (χ0v) is 16.1. The number of pyridine rings is 1. The summed E-state index contributed by atoms with van der Waals surface area (Å²) in [6.45, 7) is 4.34. The maximum absolute atomic E-state index is 6.51. The highest BCUT2D eigenvalue weighted by Crippen LogP contribution is 2.28. The highest BCUT2D eigenvalue weighted by atomic mass is 35.5. The quantitative estimate of drug-likeness (QED) is 0.724. The molecule has 4 heterocycles. The fourth-order valence-electron chi connectivity index (χ4n) is 3.72. The third kappa shape index (κ3) is 3.06. The van der Waals surface area contributed by atoms with Gasteiger partial charge in [0.1, 0.15) is 24.4 Å². The molecule has 28 heavy (non-hydrogen) atoms. The average molecular weight is 394 g/mol. The van der Waals surface area contributed by atoms with Crippen LogP contribution < -0.4 is 10.2 Å². The van der Waals surface area contributed by atoms with Gasteiger partial charge in [0, 0.05) is 25.2 Å². The number of benzene rings is 1. The van der Waals surface area contributed by atoms with Crippen LogP contribution in [0.4, 0.5) is 5.82 Å². The van der Waals surface area contributed by atoms with Crippen LogP contribution in [0.15, 0.2) is 47.7 Å². The zero-order valence-electron chi connectivity index (χ0n) is 15.3. The van der Waals surface area contributed by atoms with E-state index in [0.717, 1.165) is 66.9 Å². The molecule has 3 aromatic rings. The molecule has 0 amide bonds. The topological polar surface area (TPSA) is 71.2 Å². The van der Waals surface area contributed by atoms with Crippen LogP contribution in [0.3, 0.4) is 0 Å². The number of nitrogens with zero attached hydrogens (tertiary/aromatic N) is 6. The van der Waals surface area contributed by atoms with Crippen LogP contribution in [0.25, 0.3) is 5.69 Å². The van der Waals surface area contributed by atoms with Crippen molar-refractivity contribution in [1.82, 2.24) is 25.1 Å². The summed E-state index contributed by atoms with van der Waals surface area (Å²) in [5, 5.41) is 12.4. The minimum atomic E-state index is 0.430. The average Bonchev–Trinajstić information content (AvgIpc) is 2.94. The fraction of sp³-hybridized carbons (Fsp3) is 0.300. The van der Waals surface area contributed by atoms with E-state index >= 15 is 0 Å². The molecule has 0 spiro atoms. The van der Waals surface area contributed by atoms with Gasteiger partial charge >= 0.3 is 0 Å². The Morgan fingerprint density at radius 2 is 1.96 bits per heavy atom. The van der Waals surface area contributed by atoms with E-state index in [-0.39, 0.29) is 0 Å². The number of hydrogen-bond donors (Lipinski definition) is 1. The van der Waals surface area contributed by atoms with Crippen molar-refractivity contribution in [2.45, 2.75) is 13.0 Å². The van der Waals surface area contributed by atoms with Crippen molar-refractivity contribution in [2.75, 3.05) is 31.1 Å². The Bertz CT molecular complexity index is 1030. The maximum Gasteiger partial charge on any atom is 0.159 e. The Hall–Kier alpha value is -2.77. The molecule has 2 aliphatic rings. The van der Waals surface area contributed by atoms with Crippen LogP contribution in [0.2, 0.25) is 5.02 Å². The Kier molecular flexibility index (Phi) is 4.54. The van der Waals surface area contributed by atoms with Crippen molar-refractivity contribution in [3.05, 3.63) is 64.8 Å². The number of nitrogens with one attached hydrogen (secondary N) is 1. The van der Waals surface area contributed by atoms with Gasteiger partial charge in [0.2, 0.25) is 0 Å². The van der Waals surface area contributed by atoms with Crippen molar-refractivity contribution < 1.29 is 0 Å². The fourth-order valence-corrected chi connectivity index (χ4v) is 3.94. The number of aromatic nitrogens is 4. The summed E-state index contributed by atoms with van der Waals surface area (Å²) in [4.78, 5) is 12.2. The Morgan fingerprint density at radius 3 is 2.89 bits per heavy atom. The molecule has 2 aromatic heterocycles. The van der Waals surface area contributed by atoms with E-state index in [9.17, 15) is 0 Å². The molecule has 0 atom stereocenters. The monoisotopic (exact) mass is 393 g/mol. The molecule has 1 fully saturated rings. The molecular weight excluding hydrogens is 374 g/mol. The molecule has 8 heteroatoms. The summed E-state index contributed by atoms with van der Waals surface area (Å²) >= 11 is 6.51. The number of fused-ring (bicyclic) bond motifs is 3. The summed E-state index contributed by atoms with van der Waals surface area (Å²) in [5.41, 5.74) is 3.40. The van der Waals surface area contributed by atoms with E-state index in [4.69, 9.17) is 21.6 Å². The van der Waals surface area contributed by atoms with Gasteiger partial charge in [-0.2, -0.15) is 0 Å². The van der Waals surface area contributed by atoms with Crippen LogP contribution in [-0.2, 0) is 6.54 Å². The van der Waals surface area contributed by atoms with E-state index < -0.39 is 0 Å². The van der Waals surface area contributed by atoms with E-state index in [1.54, 1.807) is 6.33 Å². The molecule has 1 aromatic carbocycles. The normalized spacial score (nSPS) is 16.6. The first-order valence-electron chi connectivity index (χ1n) is 9.47. The van der Waals surface area contributed by atoms with Gasteiger partial charge < -0.3 is 10.2 Å².